The summed E-state index contributed by atoms with van der Waals surface area (Å²) >= 11 is 0. The number of aliphatic carboxylic acids is 3. The summed E-state index contributed by atoms with van der Waals surface area (Å²) < 4.78 is 67.2. The lowest BCUT2D eigenvalue weighted by atomic mass is 10.2. The van der Waals surface area contributed by atoms with Gasteiger partial charge in [-0.3, -0.25) is 19.2 Å². The van der Waals surface area contributed by atoms with Crippen LogP contribution in [-0.2, 0) is 19.2 Å². The number of ketones is 1. The Labute approximate surface area is 212 Å². The smallest absolute Gasteiger partial charge is 0.323 e. The number of Topliss-reactive ketones (excluding diaryl/α,β-unsaturated/α-hetero) is 1. The van der Waals surface area contributed by atoms with Crippen LogP contribution in [0.15, 0.2) is 24.3 Å². The van der Waals surface area contributed by atoms with E-state index in [1.807, 2.05) is 0 Å². The summed E-state index contributed by atoms with van der Waals surface area (Å²) in [4.78, 5) is 46.6. The molecule has 2 aromatic carbocycles. The molecule has 38 heavy (non-hydrogen) atoms. The number of carboxylic acid groups (broad SMARTS) is 3. The Balaban J connectivity index is 2.31. The molecule has 0 saturated heterocycles. The monoisotopic (exact) mass is 546 g/mol. The Morgan fingerprint density at radius 3 is 1.32 bits per heavy atom. The van der Waals surface area contributed by atoms with Crippen molar-refractivity contribution in [3.8, 4) is 11.5 Å². The van der Waals surface area contributed by atoms with E-state index < -0.39 is 104 Å². The van der Waals surface area contributed by atoms with Gasteiger partial charge in [0.1, 0.15) is 38.6 Å². The van der Waals surface area contributed by atoms with E-state index in [2.05, 4.69) is 0 Å². The predicted octanol–water partition coefficient (Wildman–Crippen LogP) is 2.16. The van der Waals surface area contributed by atoms with Crippen LogP contribution in [0.5, 0.6) is 11.5 Å². The maximum Gasteiger partial charge on any atom is 0.323 e. The number of halogens is 4. The Morgan fingerprint density at radius 1 is 0.658 bits per heavy atom. The summed E-state index contributed by atoms with van der Waals surface area (Å²) in [5, 5.41) is 27.2. The number of hydrogen-bond donors (Lipinski definition) is 3. The van der Waals surface area contributed by atoms with Crippen LogP contribution >= 0.6 is 0 Å². The molecule has 0 unspecified atom stereocenters. The molecule has 2 rings (SSSR count). The molecular formula is C23H22F4N2O9. The van der Waals surface area contributed by atoms with E-state index in [1.54, 1.807) is 0 Å². The lowest BCUT2D eigenvalue weighted by Crippen LogP contribution is -2.35. The van der Waals surface area contributed by atoms with Gasteiger partial charge in [0.05, 0.1) is 17.9 Å². The standard InChI is InChI=1S/C23H22F4N2O9/c1-12(30)8-28(9-17(31)32)15-4-2-13(24)20(26)22(15)37-6-7-38-23-16(5-3-14(25)21(23)27)29(10-18(33)34)11-19(35)36/h2-5H,6-11H2,1H3,(H,31,32)(H,33,34)(H,35,36). The van der Waals surface area contributed by atoms with Gasteiger partial charge >= 0.3 is 17.9 Å². The molecule has 0 aliphatic carbocycles. The molecule has 0 aliphatic heterocycles. The largest absolute Gasteiger partial charge is 0.485 e. The first kappa shape index (κ1) is 29.7. The first-order valence-electron chi connectivity index (χ1n) is 10.7. The van der Waals surface area contributed by atoms with Crippen LogP contribution in [0.25, 0.3) is 0 Å². The lowest BCUT2D eigenvalue weighted by Gasteiger charge is -2.25. The molecule has 0 amide bonds. The van der Waals surface area contributed by atoms with E-state index in [4.69, 9.17) is 24.8 Å². The second-order valence-electron chi connectivity index (χ2n) is 7.71. The molecule has 2 aromatic rings. The van der Waals surface area contributed by atoms with Gasteiger partial charge in [-0.15, -0.1) is 0 Å². The second-order valence-corrected chi connectivity index (χ2v) is 7.71. The highest BCUT2D eigenvalue weighted by molar-refractivity contribution is 5.85. The number of nitrogens with zero attached hydrogens (tertiary/aromatic N) is 2. The third-order valence-corrected chi connectivity index (χ3v) is 4.71. The van der Waals surface area contributed by atoms with Crippen molar-refractivity contribution in [3.05, 3.63) is 47.5 Å². The minimum atomic E-state index is -1.57. The zero-order chi connectivity index (χ0) is 28.6. The minimum Gasteiger partial charge on any atom is -0.485 e. The number of hydrogen-bond acceptors (Lipinski definition) is 8. The lowest BCUT2D eigenvalue weighted by molar-refractivity contribution is -0.137. The van der Waals surface area contributed by atoms with E-state index in [1.165, 1.54) is 0 Å². The van der Waals surface area contributed by atoms with Gasteiger partial charge < -0.3 is 34.6 Å². The average Bonchev–Trinajstić information content (AvgIpc) is 2.79. The molecule has 206 valence electrons. The van der Waals surface area contributed by atoms with Crippen LogP contribution in [0, 0.1) is 23.3 Å². The number of ether oxygens (including phenoxy) is 2. The van der Waals surface area contributed by atoms with Crippen LogP contribution < -0.4 is 19.3 Å². The van der Waals surface area contributed by atoms with Gasteiger partial charge in [0.15, 0.2) is 23.1 Å². The fourth-order valence-corrected chi connectivity index (χ4v) is 3.31. The van der Waals surface area contributed by atoms with Gasteiger partial charge in [0.2, 0.25) is 11.6 Å². The topological polar surface area (TPSA) is 154 Å². The molecule has 0 spiro atoms. The summed E-state index contributed by atoms with van der Waals surface area (Å²) in [5.41, 5.74) is -0.700. The Hall–Kier alpha value is -4.56. The molecule has 0 aromatic heterocycles. The van der Waals surface area contributed by atoms with Gasteiger partial charge in [-0.25, -0.2) is 8.78 Å². The summed E-state index contributed by atoms with van der Waals surface area (Å²) in [7, 11) is 0. The number of carboxylic acids is 3. The summed E-state index contributed by atoms with van der Waals surface area (Å²) in [6, 6.07) is 3.21. The van der Waals surface area contributed by atoms with Crippen molar-refractivity contribution >= 4 is 35.1 Å². The fourth-order valence-electron chi connectivity index (χ4n) is 3.31. The first-order valence-corrected chi connectivity index (χ1v) is 10.7. The second kappa shape index (κ2) is 13.1. The van der Waals surface area contributed by atoms with E-state index in [0.29, 0.717) is 17.0 Å². The molecule has 0 fully saturated rings. The molecule has 15 heteroatoms. The van der Waals surface area contributed by atoms with E-state index in [-0.39, 0.29) is 5.69 Å². The molecule has 0 heterocycles. The third kappa shape index (κ3) is 7.97. The predicted molar refractivity (Wildman–Crippen MR) is 122 cm³/mol. The van der Waals surface area contributed by atoms with Gasteiger partial charge in [0, 0.05) is 0 Å². The SMILES string of the molecule is CC(=O)CN(CC(=O)O)c1ccc(F)c(F)c1OCCOc1c(N(CC(=O)O)CC(=O)O)ccc(F)c1F. The summed E-state index contributed by atoms with van der Waals surface area (Å²) in [6.45, 7) is -3.23. The zero-order valence-corrected chi connectivity index (χ0v) is 19.7. The van der Waals surface area contributed by atoms with Crippen molar-refractivity contribution in [1.29, 1.82) is 0 Å². The highest BCUT2D eigenvalue weighted by Crippen LogP contribution is 2.35. The summed E-state index contributed by atoms with van der Waals surface area (Å²) in [5.74, 6) is -12.3. The van der Waals surface area contributed by atoms with Crippen LogP contribution in [0.4, 0.5) is 28.9 Å². The number of rotatable bonds is 15. The number of carbonyl (C=O) groups is 4. The number of carbonyl (C=O) groups excluding carboxylic acids is 1. The molecule has 0 atom stereocenters. The normalized spacial score (nSPS) is 10.6. The third-order valence-electron chi connectivity index (χ3n) is 4.71. The Kier molecular flexibility index (Phi) is 10.2. The highest BCUT2D eigenvalue weighted by Gasteiger charge is 2.25. The van der Waals surface area contributed by atoms with Gasteiger partial charge in [-0.2, -0.15) is 8.78 Å². The van der Waals surface area contributed by atoms with Crippen LogP contribution in [-0.4, -0.2) is 78.4 Å². The molecule has 3 N–H and O–H groups in total. The molecule has 11 nitrogen and oxygen atoms in total. The van der Waals surface area contributed by atoms with E-state index >= 15 is 0 Å². The van der Waals surface area contributed by atoms with Crippen molar-refractivity contribution in [1.82, 2.24) is 0 Å². The fraction of sp³-hybridized carbons (Fsp3) is 0.304. The van der Waals surface area contributed by atoms with E-state index in [9.17, 15) is 36.7 Å². The summed E-state index contributed by atoms with van der Waals surface area (Å²) in [6.07, 6.45) is 0. The highest BCUT2D eigenvalue weighted by atomic mass is 19.2. The molecular weight excluding hydrogens is 524 g/mol. The van der Waals surface area contributed by atoms with Gasteiger partial charge in [-0.05, 0) is 31.2 Å². The van der Waals surface area contributed by atoms with Crippen molar-refractivity contribution in [2.24, 2.45) is 0 Å². The molecule has 0 saturated carbocycles. The average molecular weight is 546 g/mol. The zero-order valence-electron chi connectivity index (χ0n) is 19.7. The Bertz CT molecular complexity index is 1100. The molecule has 0 aliphatic rings. The minimum absolute atomic E-state index is 0.284. The van der Waals surface area contributed by atoms with Gasteiger partial charge in [0.25, 0.3) is 0 Å². The van der Waals surface area contributed by atoms with Crippen LogP contribution in [0.3, 0.4) is 0 Å². The first-order chi connectivity index (χ1) is 17.8. The van der Waals surface area contributed by atoms with Crippen LogP contribution in [0.2, 0.25) is 0 Å². The van der Waals surface area contributed by atoms with E-state index in [0.717, 1.165) is 24.0 Å². The maximum atomic E-state index is 14.6. The van der Waals surface area contributed by atoms with Crippen LogP contribution in [0.1, 0.15) is 6.92 Å². The molecule has 0 radical (unpaired) electrons. The van der Waals surface area contributed by atoms with Crippen molar-refractivity contribution in [3.63, 3.8) is 0 Å². The van der Waals surface area contributed by atoms with Crippen molar-refractivity contribution < 1.29 is 61.5 Å². The number of benzene rings is 2. The molecule has 0 bridgehead atoms. The maximum absolute atomic E-state index is 14.6. The van der Waals surface area contributed by atoms with Crippen molar-refractivity contribution in [2.75, 3.05) is 49.2 Å². The van der Waals surface area contributed by atoms with Crippen molar-refractivity contribution in [2.45, 2.75) is 6.92 Å². The quantitative estimate of drug-likeness (QED) is 0.222. The van der Waals surface area contributed by atoms with Gasteiger partial charge in [-0.1, -0.05) is 0 Å². The number of anilines is 2. The Morgan fingerprint density at radius 2 is 1.00 bits per heavy atom.